The van der Waals surface area contributed by atoms with Gasteiger partial charge in [0.25, 0.3) is 5.91 Å². The number of rotatable bonds is 8. The summed E-state index contributed by atoms with van der Waals surface area (Å²) in [7, 11) is 0. The monoisotopic (exact) mass is 424 g/mol. The molecule has 0 saturated carbocycles. The van der Waals surface area contributed by atoms with E-state index in [1.807, 2.05) is 39.0 Å². The molecule has 0 aliphatic heterocycles. The van der Waals surface area contributed by atoms with Gasteiger partial charge in [-0.1, -0.05) is 31.2 Å². The van der Waals surface area contributed by atoms with Crippen LogP contribution in [0.25, 0.3) is 0 Å². The quantitative estimate of drug-likeness (QED) is 0.344. The van der Waals surface area contributed by atoms with E-state index in [0.717, 1.165) is 16.8 Å². The van der Waals surface area contributed by atoms with Gasteiger partial charge in [-0.25, -0.2) is 5.43 Å². The molecule has 0 heterocycles. The van der Waals surface area contributed by atoms with E-state index in [9.17, 15) is 14.4 Å². The summed E-state index contributed by atoms with van der Waals surface area (Å²) >= 11 is 0. The van der Waals surface area contributed by atoms with E-state index in [-0.39, 0.29) is 18.6 Å². The number of hydrazone groups is 1. The molecular formula is C23H28N4O4. The molecule has 0 saturated heterocycles. The first-order valence-corrected chi connectivity index (χ1v) is 10.0. The van der Waals surface area contributed by atoms with E-state index in [1.165, 1.54) is 6.21 Å². The van der Waals surface area contributed by atoms with Gasteiger partial charge >= 0.3 is 11.8 Å². The van der Waals surface area contributed by atoms with E-state index >= 15 is 0 Å². The summed E-state index contributed by atoms with van der Waals surface area (Å²) in [4.78, 5) is 35.8. The summed E-state index contributed by atoms with van der Waals surface area (Å²) in [5, 5.41) is 9.19. The van der Waals surface area contributed by atoms with Crippen LogP contribution in [0.2, 0.25) is 0 Å². The Labute approximate surface area is 182 Å². The molecule has 0 spiro atoms. The van der Waals surface area contributed by atoms with Gasteiger partial charge in [0.1, 0.15) is 5.75 Å². The molecular weight excluding hydrogens is 396 g/mol. The van der Waals surface area contributed by atoms with Gasteiger partial charge in [-0.15, -0.1) is 0 Å². The largest absolute Gasteiger partial charge is 0.483 e. The summed E-state index contributed by atoms with van der Waals surface area (Å²) in [6, 6.07) is 12.6. The minimum absolute atomic E-state index is 0.105. The fourth-order valence-electron chi connectivity index (χ4n) is 2.52. The first-order valence-electron chi connectivity index (χ1n) is 10.0. The molecule has 0 aliphatic carbocycles. The van der Waals surface area contributed by atoms with Crippen LogP contribution in [0, 0.1) is 13.8 Å². The fourth-order valence-corrected chi connectivity index (χ4v) is 2.52. The van der Waals surface area contributed by atoms with Gasteiger partial charge in [-0.05, 0) is 56.5 Å². The summed E-state index contributed by atoms with van der Waals surface area (Å²) in [5.41, 5.74) is 5.47. The van der Waals surface area contributed by atoms with Gasteiger partial charge < -0.3 is 15.4 Å². The maximum Gasteiger partial charge on any atom is 0.329 e. The molecule has 1 atom stereocenters. The molecule has 164 valence electrons. The first kappa shape index (κ1) is 23.6. The second kappa shape index (κ2) is 11.5. The number of anilines is 1. The SMILES string of the molecule is CC[C@H](C)NC(=O)C(=O)N/N=C\c1ccccc1OCC(=O)Nc1cc(C)ccc1C. The van der Waals surface area contributed by atoms with Gasteiger partial charge in [-0.3, -0.25) is 14.4 Å². The Morgan fingerprint density at radius 3 is 2.58 bits per heavy atom. The normalized spacial score (nSPS) is 11.6. The van der Waals surface area contributed by atoms with Crippen LogP contribution in [-0.4, -0.2) is 36.6 Å². The topological polar surface area (TPSA) is 109 Å². The first-order chi connectivity index (χ1) is 14.8. The van der Waals surface area contributed by atoms with Crippen LogP contribution in [0.5, 0.6) is 5.75 Å². The average molecular weight is 425 g/mol. The summed E-state index contributed by atoms with van der Waals surface area (Å²) in [5.74, 6) is -1.49. The van der Waals surface area contributed by atoms with Crippen LogP contribution in [-0.2, 0) is 14.4 Å². The second-order valence-electron chi connectivity index (χ2n) is 7.17. The third kappa shape index (κ3) is 7.58. The molecule has 0 radical (unpaired) electrons. The van der Waals surface area contributed by atoms with Gasteiger partial charge in [0.2, 0.25) is 0 Å². The summed E-state index contributed by atoms with van der Waals surface area (Å²) in [6.07, 6.45) is 2.07. The number of hydrogen-bond acceptors (Lipinski definition) is 5. The number of aryl methyl sites for hydroxylation is 2. The van der Waals surface area contributed by atoms with Crippen LogP contribution in [0.4, 0.5) is 5.69 Å². The lowest BCUT2D eigenvalue weighted by molar-refractivity contribution is -0.139. The minimum atomic E-state index is -0.858. The van der Waals surface area contributed by atoms with Crippen molar-refractivity contribution in [3.63, 3.8) is 0 Å². The van der Waals surface area contributed by atoms with Crippen molar-refractivity contribution in [3.8, 4) is 5.75 Å². The zero-order valence-electron chi connectivity index (χ0n) is 18.2. The third-order valence-electron chi connectivity index (χ3n) is 4.51. The fraction of sp³-hybridized carbons (Fsp3) is 0.304. The highest BCUT2D eigenvalue weighted by molar-refractivity contribution is 6.35. The summed E-state index contributed by atoms with van der Waals surface area (Å²) in [6.45, 7) is 7.38. The summed E-state index contributed by atoms with van der Waals surface area (Å²) < 4.78 is 5.62. The molecule has 0 fully saturated rings. The lowest BCUT2D eigenvalue weighted by Crippen LogP contribution is -2.41. The zero-order chi connectivity index (χ0) is 22.8. The molecule has 2 aromatic rings. The van der Waals surface area contributed by atoms with E-state index in [0.29, 0.717) is 17.7 Å². The van der Waals surface area contributed by atoms with E-state index in [2.05, 4.69) is 21.2 Å². The van der Waals surface area contributed by atoms with Crippen LogP contribution < -0.4 is 20.8 Å². The number of carbonyl (C=O) groups excluding carboxylic acids is 3. The van der Waals surface area contributed by atoms with Crippen molar-refractivity contribution in [2.75, 3.05) is 11.9 Å². The van der Waals surface area contributed by atoms with Crippen molar-refractivity contribution < 1.29 is 19.1 Å². The number of carbonyl (C=O) groups is 3. The highest BCUT2D eigenvalue weighted by atomic mass is 16.5. The highest BCUT2D eigenvalue weighted by Gasteiger charge is 2.14. The van der Waals surface area contributed by atoms with Crippen LogP contribution in [0.3, 0.4) is 0 Å². The van der Waals surface area contributed by atoms with Crippen LogP contribution in [0.1, 0.15) is 37.0 Å². The number of nitrogens with one attached hydrogen (secondary N) is 3. The number of nitrogens with zero attached hydrogens (tertiary/aromatic N) is 1. The Kier molecular flexibility index (Phi) is 8.75. The Hall–Kier alpha value is -3.68. The molecule has 31 heavy (non-hydrogen) atoms. The molecule has 0 unspecified atom stereocenters. The molecule has 2 aromatic carbocycles. The van der Waals surface area contributed by atoms with Gasteiger partial charge in [-0.2, -0.15) is 5.10 Å². The van der Waals surface area contributed by atoms with E-state index in [4.69, 9.17) is 4.74 Å². The third-order valence-corrected chi connectivity index (χ3v) is 4.51. The number of amides is 3. The molecule has 3 amide bonds. The van der Waals surface area contributed by atoms with Gasteiger partial charge in [0.15, 0.2) is 6.61 Å². The molecule has 0 bridgehead atoms. The highest BCUT2D eigenvalue weighted by Crippen LogP contribution is 2.18. The second-order valence-corrected chi connectivity index (χ2v) is 7.17. The lowest BCUT2D eigenvalue weighted by atomic mass is 10.1. The molecule has 3 N–H and O–H groups in total. The Balaban J connectivity index is 1.93. The van der Waals surface area contributed by atoms with Crippen LogP contribution >= 0.6 is 0 Å². The number of para-hydroxylation sites is 1. The lowest BCUT2D eigenvalue weighted by Gasteiger charge is -2.11. The van der Waals surface area contributed by atoms with Crippen molar-refractivity contribution in [3.05, 3.63) is 59.2 Å². The molecule has 8 heteroatoms. The Bertz CT molecular complexity index is 972. The van der Waals surface area contributed by atoms with Crippen molar-refractivity contribution in [2.24, 2.45) is 5.10 Å². The number of benzene rings is 2. The number of ether oxygens (including phenoxy) is 1. The van der Waals surface area contributed by atoms with Crippen molar-refractivity contribution >= 4 is 29.6 Å². The average Bonchev–Trinajstić information content (AvgIpc) is 2.75. The molecule has 0 aromatic heterocycles. The molecule has 2 rings (SSSR count). The predicted molar refractivity (Wildman–Crippen MR) is 120 cm³/mol. The van der Waals surface area contributed by atoms with Gasteiger partial charge in [0, 0.05) is 17.3 Å². The predicted octanol–water partition coefficient (Wildman–Crippen LogP) is 2.69. The molecule has 8 nitrogen and oxygen atoms in total. The molecule has 0 aliphatic rings. The van der Waals surface area contributed by atoms with Crippen LogP contribution in [0.15, 0.2) is 47.6 Å². The minimum Gasteiger partial charge on any atom is -0.483 e. The smallest absolute Gasteiger partial charge is 0.329 e. The van der Waals surface area contributed by atoms with E-state index < -0.39 is 11.8 Å². The maximum absolute atomic E-state index is 12.3. The zero-order valence-corrected chi connectivity index (χ0v) is 18.2. The Morgan fingerprint density at radius 1 is 1.10 bits per heavy atom. The number of hydrogen-bond donors (Lipinski definition) is 3. The maximum atomic E-state index is 12.3. The van der Waals surface area contributed by atoms with Crippen molar-refractivity contribution in [2.45, 2.75) is 40.2 Å². The van der Waals surface area contributed by atoms with Crippen molar-refractivity contribution in [1.29, 1.82) is 0 Å². The van der Waals surface area contributed by atoms with Crippen molar-refractivity contribution in [1.82, 2.24) is 10.7 Å². The standard InChI is InChI=1S/C23H28N4O4/c1-5-17(4)25-22(29)23(30)27-24-13-18-8-6-7-9-20(18)31-14-21(28)26-19-12-15(2)10-11-16(19)3/h6-13,17H,5,14H2,1-4H3,(H,25,29)(H,26,28)(H,27,30)/b24-13-/t17-/m0/s1. The Morgan fingerprint density at radius 2 is 1.84 bits per heavy atom. The van der Waals surface area contributed by atoms with E-state index in [1.54, 1.807) is 31.2 Å². The van der Waals surface area contributed by atoms with Gasteiger partial charge in [0.05, 0.1) is 6.21 Å².